The van der Waals surface area contributed by atoms with Gasteiger partial charge in [0.25, 0.3) is 0 Å². The normalized spacial score (nSPS) is 12.7. The van der Waals surface area contributed by atoms with Crippen molar-refractivity contribution >= 4 is 44.3 Å². The van der Waals surface area contributed by atoms with Crippen LogP contribution in [-0.4, -0.2) is 9.78 Å². The first-order valence-electron chi connectivity index (χ1n) is 4.83. The summed E-state index contributed by atoms with van der Waals surface area (Å²) in [5.41, 5.74) is 7.14. The van der Waals surface area contributed by atoms with Crippen molar-refractivity contribution < 1.29 is 0 Å². The van der Waals surface area contributed by atoms with Gasteiger partial charge >= 0.3 is 0 Å². The van der Waals surface area contributed by atoms with Crippen LogP contribution in [-0.2, 0) is 0 Å². The summed E-state index contributed by atoms with van der Waals surface area (Å²) >= 11 is 5.61. The van der Waals surface area contributed by atoms with Gasteiger partial charge in [-0.15, -0.1) is 0 Å². The number of nitrogens with two attached hydrogens (primary N) is 1. The van der Waals surface area contributed by atoms with Gasteiger partial charge in [-0.25, -0.2) is 4.68 Å². The van der Waals surface area contributed by atoms with Gasteiger partial charge in [-0.1, -0.05) is 28.1 Å². The van der Waals surface area contributed by atoms with E-state index in [1.54, 1.807) is 6.20 Å². The largest absolute Gasteiger partial charge is 0.383 e. The minimum atomic E-state index is 0.150. The van der Waals surface area contributed by atoms with Gasteiger partial charge in [-0.2, -0.15) is 5.10 Å². The lowest BCUT2D eigenvalue weighted by molar-refractivity contribution is 0.573. The number of nitrogen functional groups attached to an aromatic ring is 1. The molecule has 84 valence electrons. The molecule has 1 aromatic heterocycles. The Morgan fingerprint density at radius 1 is 1.38 bits per heavy atom. The number of hydrogen-bond donors (Lipinski definition) is 1. The van der Waals surface area contributed by atoms with E-state index in [0.717, 1.165) is 13.9 Å². The zero-order chi connectivity index (χ0) is 11.7. The van der Waals surface area contributed by atoms with Crippen LogP contribution in [0.5, 0.6) is 0 Å². The molecule has 0 aliphatic carbocycles. The van der Waals surface area contributed by atoms with E-state index < -0.39 is 0 Å². The summed E-state index contributed by atoms with van der Waals surface area (Å²) < 4.78 is 3.90. The first kappa shape index (κ1) is 11.9. The lowest BCUT2D eigenvalue weighted by Crippen LogP contribution is -2.11. The third kappa shape index (κ3) is 2.24. The zero-order valence-corrected chi connectivity index (χ0v) is 12.4. The molecule has 1 atom stereocenters. The first-order chi connectivity index (χ1) is 7.59. The zero-order valence-electron chi connectivity index (χ0n) is 8.69. The highest BCUT2D eigenvalue weighted by Gasteiger charge is 2.13. The van der Waals surface area contributed by atoms with Crippen molar-refractivity contribution in [3.63, 3.8) is 0 Å². The second kappa shape index (κ2) is 4.75. The highest BCUT2D eigenvalue weighted by molar-refractivity contribution is 14.1. The van der Waals surface area contributed by atoms with Crippen LogP contribution in [0.4, 0.5) is 5.82 Å². The monoisotopic (exact) mass is 391 g/mol. The van der Waals surface area contributed by atoms with E-state index in [0.29, 0.717) is 0 Å². The van der Waals surface area contributed by atoms with E-state index in [9.17, 15) is 0 Å². The van der Waals surface area contributed by atoms with Crippen molar-refractivity contribution in [3.05, 3.63) is 44.1 Å². The fourth-order valence-corrected chi connectivity index (χ4v) is 2.18. The molecule has 0 amide bonds. The molecule has 3 nitrogen and oxygen atoms in total. The average molecular weight is 392 g/mol. The molecule has 16 heavy (non-hydrogen) atoms. The molecule has 0 aliphatic heterocycles. The number of nitrogens with zero attached hydrogens (tertiary/aromatic N) is 2. The lowest BCUT2D eigenvalue weighted by atomic mass is 10.1. The van der Waals surface area contributed by atoms with Crippen molar-refractivity contribution in [1.29, 1.82) is 0 Å². The van der Waals surface area contributed by atoms with E-state index in [1.807, 2.05) is 16.8 Å². The molecule has 5 heteroatoms. The van der Waals surface area contributed by atoms with Crippen LogP contribution in [0, 0.1) is 3.57 Å². The quantitative estimate of drug-likeness (QED) is 0.797. The van der Waals surface area contributed by atoms with Crippen LogP contribution in [0.15, 0.2) is 34.9 Å². The van der Waals surface area contributed by atoms with Gasteiger partial charge in [0.15, 0.2) is 0 Å². The predicted octanol–water partition coefficient (Wildman–Crippen LogP) is 3.44. The highest BCUT2D eigenvalue weighted by atomic mass is 127. The maximum absolute atomic E-state index is 5.95. The molecular weight excluding hydrogens is 381 g/mol. The summed E-state index contributed by atoms with van der Waals surface area (Å²) in [5.74, 6) is 0.719. The number of hydrogen-bond acceptors (Lipinski definition) is 2. The Morgan fingerprint density at radius 2 is 2.00 bits per heavy atom. The van der Waals surface area contributed by atoms with Gasteiger partial charge in [-0.05, 0) is 47.2 Å². The van der Waals surface area contributed by atoms with Gasteiger partial charge < -0.3 is 5.73 Å². The van der Waals surface area contributed by atoms with Crippen molar-refractivity contribution in [1.82, 2.24) is 9.78 Å². The second-order valence-electron chi connectivity index (χ2n) is 3.55. The Balaban J connectivity index is 2.35. The smallest absolute Gasteiger partial charge is 0.135 e. The van der Waals surface area contributed by atoms with Crippen molar-refractivity contribution in [2.24, 2.45) is 0 Å². The van der Waals surface area contributed by atoms with Crippen LogP contribution in [0.25, 0.3) is 0 Å². The van der Waals surface area contributed by atoms with Crippen LogP contribution >= 0.6 is 38.5 Å². The first-order valence-corrected chi connectivity index (χ1v) is 6.70. The van der Waals surface area contributed by atoms with E-state index >= 15 is 0 Å². The molecule has 2 rings (SSSR count). The topological polar surface area (TPSA) is 43.8 Å². The minimum Gasteiger partial charge on any atom is -0.383 e. The lowest BCUT2D eigenvalue weighted by Gasteiger charge is -2.14. The summed E-state index contributed by atoms with van der Waals surface area (Å²) in [6, 6.07) is 8.34. The summed E-state index contributed by atoms with van der Waals surface area (Å²) in [5, 5.41) is 4.29. The SMILES string of the molecule is CC(c1ccc(Br)cc1)n1ncc(I)c1N. The van der Waals surface area contributed by atoms with Crippen molar-refractivity contribution in [3.8, 4) is 0 Å². The Hall–Kier alpha value is -0.560. The van der Waals surface area contributed by atoms with Crippen molar-refractivity contribution in [2.45, 2.75) is 13.0 Å². The molecule has 0 radical (unpaired) electrons. The van der Waals surface area contributed by atoms with Gasteiger partial charge in [0.05, 0.1) is 15.8 Å². The summed E-state index contributed by atoms with van der Waals surface area (Å²) in [6.07, 6.45) is 1.78. The summed E-state index contributed by atoms with van der Waals surface area (Å²) in [7, 11) is 0. The Bertz CT molecular complexity index is 492. The Morgan fingerprint density at radius 3 is 2.50 bits per heavy atom. The third-order valence-electron chi connectivity index (χ3n) is 2.51. The molecule has 0 saturated heterocycles. The minimum absolute atomic E-state index is 0.150. The molecule has 0 saturated carbocycles. The van der Waals surface area contributed by atoms with Crippen LogP contribution < -0.4 is 5.73 Å². The Labute approximate surface area is 116 Å². The predicted molar refractivity (Wildman–Crippen MR) is 77.3 cm³/mol. The van der Waals surface area contributed by atoms with Crippen LogP contribution in [0.1, 0.15) is 18.5 Å². The van der Waals surface area contributed by atoms with Crippen molar-refractivity contribution in [2.75, 3.05) is 5.73 Å². The van der Waals surface area contributed by atoms with Gasteiger partial charge in [-0.3, -0.25) is 0 Å². The molecule has 2 N–H and O–H groups in total. The number of anilines is 1. The fourth-order valence-electron chi connectivity index (χ4n) is 1.54. The Kier molecular flexibility index (Phi) is 3.53. The number of halogens is 2. The van der Waals surface area contributed by atoms with Crippen LogP contribution in [0.2, 0.25) is 0 Å². The molecule has 0 bridgehead atoms. The molecule has 1 unspecified atom stereocenters. The standard InChI is InChI=1S/C11H11BrIN3/c1-7(8-2-4-9(12)5-3-8)16-11(14)10(13)6-15-16/h2-7H,14H2,1H3. The summed E-state index contributed by atoms with van der Waals surface area (Å²) in [6.45, 7) is 2.09. The molecule has 2 aromatic rings. The third-order valence-corrected chi connectivity index (χ3v) is 3.87. The highest BCUT2D eigenvalue weighted by Crippen LogP contribution is 2.24. The molecular formula is C11H11BrIN3. The van der Waals surface area contributed by atoms with Crippen LogP contribution in [0.3, 0.4) is 0 Å². The number of benzene rings is 1. The maximum atomic E-state index is 5.95. The molecule has 1 heterocycles. The summed E-state index contributed by atoms with van der Waals surface area (Å²) in [4.78, 5) is 0. The molecule has 0 aliphatic rings. The fraction of sp³-hybridized carbons (Fsp3) is 0.182. The average Bonchev–Trinajstić information content (AvgIpc) is 2.60. The number of rotatable bonds is 2. The van der Waals surface area contributed by atoms with E-state index in [2.05, 4.69) is 62.7 Å². The van der Waals surface area contributed by atoms with E-state index in [4.69, 9.17) is 5.73 Å². The number of aromatic nitrogens is 2. The van der Waals surface area contributed by atoms with Gasteiger partial charge in [0.1, 0.15) is 5.82 Å². The maximum Gasteiger partial charge on any atom is 0.135 e. The van der Waals surface area contributed by atoms with Gasteiger partial charge in [0, 0.05) is 4.47 Å². The molecule has 1 aromatic carbocycles. The second-order valence-corrected chi connectivity index (χ2v) is 5.63. The molecule has 0 fully saturated rings. The molecule has 0 spiro atoms. The van der Waals surface area contributed by atoms with Gasteiger partial charge in [0.2, 0.25) is 0 Å². The van der Waals surface area contributed by atoms with E-state index in [-0.39, 0.29) is 6.04 Å². The van der Waals surface area contributed by atoms with E-state index in [1.165, 1.54) is 5.56 Å².